The number of halogens is 4. The molecule has 9 heteroatoms. The first-order valence-corrected chi connectivity index (χ1v) is 8.29. The van der Waals surface area contributed by atoms with Gasteiger partial charge in [-0.3, -0.25) is 10.2 Å². The Morgan fingerprint density at radius 3 is 2.69 bits per heavy atom. The Morgan fingerprint density at radius 1 is 1.50 bits per heavy atom. The maximum atomic E-state index is 12.5. The molecular weight excluding hydrogens is 371 g/mol. The monoisotopic (exact) mass is 387 g/mol. The summed E-state index contributed by atoms with van der Waals surface area (Å²) in [7, 11) is 0. The fourth-order valence-corrected chi connectivity index (χ4v) is 3.84. The molecule has 0 radical (unpaired) electrons. The van der Waals surface area contributed by atoms with Crippen LogP contribution >= 0.6 is 11.6 Å². The molecule has 1 amide bonds. The van der Waals surface area contributed by atoms with Gasteiger partial charge in [-0.15, -0.1) is 0 Å². The topological polar surface area (TPSA) is 66.3 Å². The lowest BCUT2D eigenvalue weighted by molar-refractivity contribution is -0.154. The molecule has 1 aliphatic carbocycles. The minimum Gasteiger partial charge on any atom is -0.468 e. The van der Waals surface area contributed by atoms with Crippen LogP contribution in [0.3, 0.4) is 0 Å². The summed E-state index contributed by atoms with van der Waals surface area (Å²) in [6.45, 7) is 2.60. The first-order chi connectivity index (χ1) is 12.0. The summed E-state index contributed by atoms with van der Waals surface area (Å²) in [5.74, 6) is -0.623. The lowest BCUT2D eigenvalue weighted by Gasteiger charge is -2.39. The number of amides is 1. The van der Waals surface area contributed by atoms with E-state index >= 15 is 0 Å². The number of nitrogens with zero attached hydrogens (tertiary/aromatic N) is 2. The second-order valence-electron chi connectivity index (χ2n) is 6.68. The second-order valence-corrected chi connectivity index (χ2v) is 7.05. The van der Waals surface area contributed by atoms with Gasteiger partial charge in [0.05, 0.1) is 11.3 Å². The number of hydrogen-bond acceptors (Lipinski definition) is 4. The summed E-state index contributed by atoms with van der Waals surface area (Å²) in [4.78, 5) is 18.1. The van der Waals surface area contributed by atoms with Gasteiger partial charge in [-0.2, -0.15) is 13.2 Å². The number of nitrogens with one attached hydrogen (secondary N) is 1. The van der Waals surface area contributed by atoms with Crippen molar-refractivity contribution in [3.8, 4) is 5.88 Å². The van der Waals surface area contributed by atoms with Crippen molar-refractivity contribution in [1.82, 2.24) is 9.88 Å². The lowest BCUT2D eigenvalue weighted by atomic mass is 9.64. The molecule has 2 unspecified atom stereocenters. The summed E-state index contributed by atoms with van der Waals surface area (Å²) in [6, 6.07) is 1.64. The Hall–Kier alpha value is -2.09. The summed E-state index contributed by atoms with van der Waals surface area (Å²) in [5, 5.41) is 7.79. The lowest BCUT2D eigenvalue weighted by Crippen LogP contribution is -2.43. The third-order valence-electron chi connectivity index (χ3n) is 4.89. The van der Waals surface area contributed by atoms with Crippen LogP contribution in [0.1, 0.15) is 18.1 Å². The maximum Gasteiger partial charge on any atom is 0.422 e. The standard InChI is InChI=1S/C17H17ClF3N3O2/c1-9-3-11(5-23-13(9)26-8-17(19,20)21)6-24-7-16(15(18)22)10(2)4-12(16)14(24)25/h3-5,12,22H,6-8H2,1-2H3. The van der Waals surface area contributed by atoms with Crippen molar-refractivity contribution in [1.29, 1.82) is 5.41 Å². The van der Waals surface area contributed by atoms with Crippen molar-refractivity contribution < 1.29 is 22.7 Å². The molecule has 0 spiro atoms. The molecule has 5 nitrogen and oxygen atoms in total. The number of alkyl halides is 3. The number of pyridine rings is 1. The first-order valence-electron chi connectivity index (χ1n) is 7.92. The van der Waals surface area contributed by atoms with Gasteiger partial charge >= 0.3 is 6.18 Å². The zero-order valence-corrected chi connectivity index (χ0v) is 14.9. The fourth-order valence-electron chi connectivity index (χ4n) is 3.51. The quantitative estimate of drug-likeness (QED) is 0.621. The highest BCUT2D eigenvalue weighted by molar-refractivity contribution is 6.66. The van der Waals surface area contributed by atoms with Crippen molar-refractivity contribution in [3.63, 3.8) is 0 Å². The van der Waals surface area contributed by atoms with Gasteiger partial charge < -0.3 is 9.64 Å². The SMILES string of the molecule is CC1=CC2C(=O)N(Cc3cnc(OCC(F)(F)F)c(C)c3)CC12C(=N)Cl. The Bertz CT molecular complexity index is 809. The maximum absolute atomic E-state index is 12.5. The molecule has 2 aliphatic rings. The van der Waals surface area contributed by atoms with Gasteiger partial charge in [0.15, 0.2) is 6.61 Å². The van der Waals surface area contributed by atoms with E-state index in [9.17, 15) is 18.0 Å². The summed E-state index contributed by atoms with van der Waals surface area (Å²) in [6.07, 6.45) is -1.22. The van der Waals surface area contributed by atoms with Crippen LogP contribution in [0.15, 0.2) is 23.9 Å². The second kappa shape index (κ2) is 6.26. The van der Waals surface area contributed by atoms with Crippen LogP contribution in [0.2, 0.25) is 0 Å². The molecule has 2 atom stereocenters. The van der Waals surface area contributed by atoms with Crippen LogP contribution < -0.4 is 4.74 Å². The Balaban J connectivity index is 1.72. The van der Waals surface area contributed by atoms with Crippen LogP contribution in [0.25, 0.3) is 0 Å². The third-order valence-corrected chi connectivity index (χ3v) is 5.23. The molecule has 0 bridgehead atoms. The van der Waals surface area contributed by atoms with Crippen LogP contribution in [0.4, 0.5) is 13.2 Å². The molecule has 0 aromatic carbocycles. The van der Waals surface area contributed by atoms with E-state index in [1.54, 1.807) is 17.9 Å². The molecule has 3 rings (SSSR count). The zero-order chi connectivity index (χ0) is 19.3. The van der Waals surface area contributed by atoms with Gasteiger partial charge in [0.2, 0.25) is 11.8 Å². The van der Waals surface area contributed by atoms with Crippen molar-refractivity contribution >= 4 is 22.7 Å². The Morgan fingerprint density at radius 2 is 2.19 bits per heavy atom. The van der Waals surface area contributed by atoms with E-state index in [0.717, 1.165) is 5.57 Å². The van der Waals surface area contributed by atoms with Crippen molar-refractivity contribution in [3.05, 3.63) is 35.0 Å². The summed E-state index contributed by atoms with van der Waals surface area (Å²) in [5.41, 5.74) is 1.29. The average molecular weight is 388 g/mol. The Kier molecular flexibility index (Phi) is 4.50. The number of likely N-dealkylation sites (tertiary alicyclic amines) is 1. The molecule has 1 aromatic rings. The molecule has 1 aliphatic heterocycles. The minimum atomic E-state index is -4.43. The number of ether oxygens (including phenoxy) is 1. The number of aromatic nitrogens is 1. The van der Waals surface area contributed by atoms with E-state index in [4.69, 9.17) is 17.0 Å². The highest BCUT2D eigenvalue weighted by Crippen LogP contribution is 2.53. The summed E-state index contributed by atoms with van der Waals surface area (Å²) < 4.78 is 41.4. The molecule has 1 N–H and O–H groups in total. The van der Waals surface area contributed by atoms with E-state index in [2.05, 4.69) is 9.72 Å². The number of carbonyl (C=O) groups excluding carboxylic acids is 1. The molecule has 140 valence electrons. The van der Waals surface area contributed by atoms with Gasteiger partial charge in [-0.05, 0) is 25.5 Å². The van der Waals surface area contributed by atoms with E-state index in [1.807, 2.05) is 13.0 Å². The van der Waals surface area contributed by atoms with Gasteiger partial charge in [0.1, 0.15) is 5.17 Å². The van der Waals surface area contributed by atoms with E-state index in [1.165, 1.54) is 6.20 Å². The van der Waals surface area contributed by atoms with E-state index < -0.39 is 24.1 Å². The average Bonchev–Trinajstić information content (AvgIpc) is 2.74. The highest BCUT2D eigenvalue weighted by atomic mass is 35.5. The number of hydrogen-bond donors (Lipinski definition) is 1. The molecular formula is C17H17ClF3N3O2. The van der Waals surface area contributed by atoms with Crippen LogP contribution in [-0.4, -0.2) is 40.3 Å². The molecule has 1 fully saturated rings. The minimum absolute atomic E-state index is 0.0523. The van der Waals surface area contributed by atoms with Crippen molar-refractivity contribution in [2.75, 3.05) is 13.2 Å². The van der Waals surface area contributed by atoms with Crippen molar-refractivity contribution in [2.24, 2.45) is 11.3 Å². The van der Waals surface area contributed by atoms with Gasteiger partial charge in [0, 0.05) is 24.8 Å². The van der Waals surface area contributed by atoms with E-state index in [0.29, 0.717) is 17.7 Å². The Labute approximate surface area is 153 Å². The number of rotatable bonds is 5. The highest BCUT2D eigenvalue weighted by Gasteiger charge is 2.59. The fraction of sp³-hybridized carbons (Fsp3) is 0.471. The molecule has 1 saturated heterocycles. The molecule has 2 heterocycles. The predicted molar refractivity (Wildman–Crippen MR) is 89.2 cm³/mol. The van der Waals surface area contributed by atoms with Crippen LogP contribution in [-0.2, 0) is 11.3 Å². The first kappa shape index (κ1) is 18.7. The van der Waals surface area contributed by atoms with Gasteiger partial charge in [-0.25, -0.2) is 4.98 Å². The predicted octanol–water partition coefficient (Wildman–Crippen LogP) is 3.45. The summed E-state index contributed by atoms with van der Waals surface area (Å²) >= 11 is 5.96. The van der Waals surface area contributed by atoms with Crippen LogP contribution in [0.5, 0.6) is 5.88 Å². The number of fused-ring (bicyclic) bond motifs is 1. The van der Waals surface area contributed by atoms with Gasteiger partial charge in [0.25, 0.3) is 0 Å². The molecule has 26 heavy (non-hydrogen) atoms. The third kappa shape index (κ3) is 3.06. The van der Waals surface area contributed by atoms with E-state index in [-0.39, 0.29) is 23.5 Å². The zero-order valence-electron chi connectivity index (χ0n) is 14.2. The number of carbonyl (C=O) groups is 1. The largest absolute Gasteiger partial charge is 0.468 e. The van der Waals surface area contributed by atoms with Gasteiger partial charge in [-0.1, -0.05) is 23.3 Å². The van der Waals surface area contributed by atoms with Crippen LogP contribution in [0, 0.1) is 23.7 Å². The molecule has 0 saturated carbocycles. The van der Waals surface area contributed by atoms with Crippen molar-refractivity contribution in [2.45, 2.75) is 26.6 Å². The number of aryl methyl sites for hydroxylation is 1. The molecule has 1 aromatic heterocycles. The smallest absolute Gasteiger partial charge is 0.422 e. The normalized spacial score (nSPS) is 24.8.